The van der Waals surface area contributed by atoms with Crippen LogP contribution in [0.4, 0.5) is 0 Å². The molecule has 1 aromatic carbocycles. The molecule has 2 N–H and O–H groups in total. The highest BCUT2D eigenvalue weighted by Crippen LogP contribution is 2.18. The lowest BCUT2D eigenvalue weighted by Gasteiger charge is -2.20. The first-order chi connectivity index (χ1) is 11.6. The van der Waals surface area contributed by atoms with E-state index in [1.807, 2.05) is 18.2 Å². The Morgan fingerprint density at radius 1 is 1.33 bits per heavy atom. The van der Waals surface area contributed by atoms with Crippen molar-refractivity contribution in [2.45, 2.75) is 38.1 Å². The Labute approximate surface area is 146 Å². The maximum absolute atomic E-state index is 12.4. The molecule has 0 bridgehead atoms. The van der Waals surface area contributed by atoms with Crippen molar-refractivity contribution in [3.8, 4) is 6.07 Å². The number of allylic oxidation sites excluding steroid dienone is 1. The average molecular weight is 346 g/mol. The van der Waals surface area contributed by atoms with E-state index >= 15 is 0 Å². The summed E-state index contributed by atoms with van der Waals surface area (Å²) in [6, 6.07) is 8.28. The normalized spacial score (nSPS) is 14.9. The Kier molecular flexibility index (Phi) is 6.83. The molecular weight excluding hydrogens is 326 g/mol. The number of benzene rings is 1. The number of halogens is 1. The van der Waals surface area contributed by atoms with E-state index in [2.05, 4.69) is 10.6 Å². The van der Waals surface area contributed by atoms with Gasteiger partial charge in [-0.3, -0.25) is 9.59 Å². The number of amides is 2. The number of carbonyl (C=O) groups excluding carboxylic acids is 2. The van der Waals surface area contributed by atoms with Crippen LogP contribution >= 0.6 is 11.6 Å². The van der Waals surface area contributed by atoms with Crippen LogP contribution in [0.25, 0.3) is 0 Å². The van der Waals surface area contributed by atoms with Crippen LogP contribution in [-0.2, 0) is 16.0 Å². The molecule has 0 aliphatic heterocycles. The number of carbonyl (C=O) groups is 2. The first-order valence-electron chi connectivity index (χ1n) is 7.99. The van der Waals surface area contributed by atoms with Gasteiger partial charge in [0.15, 0.2) is 0 Å². The van der Waals surface area contributed by atoms with Gasteiger partial charge in [0.25, 0.3) is 0 Å². The molecule has 2 rings (SSSR count). The Morgan fingerprint density at radius 2 is 2.17 bits per heavy atom. The summed E-state index contributed by atoms with van der Waals surface area (Å²) in [5, 5.41) is 14.5. The Bertz CT molecular complexity index is 679. The lowest BCUT2D eigenvalue weighted by atomic mass is 9.98. The van der Waals surface area contributed by atoms with Crippen molar-refractivity contribution in [2.24, 2.45) is 0 Å². The zero-order valence-electron chi connectivity index (χ0n) is 13.3. The SMILES string of the molecule is N#CCNC(=O)[C@H](Cc1cccc(Cl)c1)NC(=O)C1=CCCCC1. The summed E-state index contributed by atoms with van der Waals surface area (Å²) in [5.74, 6) is -0.588. The topological polar surface area (TPSA) is 82.0 Å². The summed E-state index contributed by atoms with van der Waals surface area (Å²) in [4.78, 5) is 24.7. The van der Waals surface area contributed by atoms with E-state index in [0.717, 1.165) is 36.8 Å². The second-order valence-electron chi connectivity index (χ2n) is 5.71. The first-order valence-corrected chi connectivity index (χ1v) is 8.37. The van der Waals surface area contributed by atoms with E-state index in [0.29, 0.717) is 11.4 Å². The summed E-state index contributed by atoms with van der Waals surface area (Å²) < 4.78 is 0. The zero-order chi connectivity index (χ0) is 17.4. The molecule has 24 heavy (non-hydrogen) atoms. The number of nitriles is 1. The van der Waals surface area contributed by atoms with Crippen LogP contribution in [-0.4, -0.2) is 24.4 Å². The van der Waals surface area contributed by atoms with Gasteiger partial charge in [0.2, 0.25) is 11.8 Å². The van der Waals surface area contributed by atoms with Crippen molar-refractivity contribution in [3.63, 3.8) is 0 Å². The third-order valence-electron chi connectivity index (χ3n) is 3.87. The Balaban J connectivity index is 2.10. The Hall–Kier alpha value is -2.32. The molecule has 0 radical (unpaired) electrons. The van der Waals surface area contributed by atoms with Gasteiger partial charge in [-0.2, -0.15) is 5.26 Å². The minimum absolute atomic E-state index is 0.0938. The quantitative estimate of drug-likeness (QED) is 0.777. The lowest BCUT2D eigenvalue weighted by Crippen LogP contribution is -2.48. The standard InChI is InChI=1S/C18H20ClN3O2/c19-15-8-4-5-13(11-15)12-16(18(24)21-10-9-20)22-17(23)14-6-2-1-3-7-14/h4-6,8,11,16H,1-3,7,10,12H2,(H,21,24)(H,22,23)/t16-/m0/s1. The summed E-state index contributed by atoms with van der Waals surface area (Å²) in [7, 11) is 0. The molecule has 0 aromatic heterocycles. The fourth-order valence-electron chi connectivity index (χ4n) is 2.65. The summed E-state index contributed by atoms with van der Waals surface area (Å²) in [6.45, 7) is -0.0938. The van der Waals surface area contributed by atoms with Crippen molar-refractivity contribution in [1.29, 1.82) is 5.26 Å². The van der Waals surface area contributed by atoms with E-state index in [4.69, 9.17) is 16.9 Å². The highest BCUT2D eigenvalue weighted by atomic mass is 35.5. The maximum Gasteiger partial charge on any atom is 0.247 e. The monoisotopic (exact) mass is 345 g/mol. The minimum atomic E-state index is -0.743. The highest BCUT2D eigenvalue weighted by molar-refractivity contribution is 6.30. The number of nitrogens with zero attached hydrogens (tertiary/aromatic N) is 1. The molecule has 0 saturated heterocycles. The van der Waals surface area contributed by atoms with E-state index in [1.165, 1.54) is 0 Å². The van der Waals surface area contributed by atoms with Gasteiger partial charge in [-0.1, -0.05) is 29.8 Å². The lowest BCUT2D eigenvalue weighted by molar-refractivity contribution is -0.127. The number of nitrogens with one attached hydrogen (secondary N) is 2. The van der Waals surface area contributed by atoms with Crippen molar-refractivity contribution in [1.82, 2.24) is 10.6 Å². The third kappa shape index (κ3) is 5.39. The molecule has 0 saturated carbocycles. The predicted octanol–water partition coefficient (Wildman–Crippen LogP) is 2.51. The van der Waals surface area contributed by atoms with Gasteiger partial charge in [0.1, 0.15) is 12.6 Å². The molecule has 0 heterocycles. The molecule has 1 atom stereocenters. The number of rotatable bonds is 6. The molecule has 0 fully saturated rings. The molecule has 0 unspecified atom stereocenters. The van der Waals surface area contributed by atoms with E-state index in [9.17, 15) is 9.59 Å². The number of hydrogen-bond acceptors (Lipinski definition) is 3. The van der Waals surface area contributed by atoms with Gasteiger partial charge in [0, 0.05) is 17.0 Å². The predicted molar refractivity (Wildman–Crippen MR) is 92.3 cm³/mol. The minimum Gasteiger partial charge on any atom is -0.341 e. The molecule has 0 spiro atoms. The van der Waals surface area contributed by atoms with E-state index < -0.39 is 6.04 Å². The van der Waals surface area contributed by atoms with Gasteiger partial charge in [-0.25, -0.2) is 0 Å². The molecule has 1 aliphatic carbocycles. The van der Waals surface area contributed by atoms with Gasteiger partial charge < -0.3 is 10.6 Å². The van der Waals surface area contributed by atoms with Crippen LogP contribution in [0.3, 0.4) is 0 Å². The average Bonchev–Trinajstić information content (AvgIpc) is 2.59. The first kappa shape index (κ1) is 18.0. The molecule has 6 heteroatoms. The van der Waals surface area contributed by atoms with Crippen molar-refractivity contribution < 1.29 is 9.59 Å². The van der Waals surface area contributed by atoms with Crippen molar-refractivity contribution >= 4 is 23.4 Å². The molecule has 1 aliphatic rings. The zero-order valence-corrected chi connectivity index (χ0v) is 14.1. The summed E-state index contributed by atoms with van der Waals surface area (Å²) in [6.07, 6.45) is 5.95. The van der Waals surface area contributed by atoms with Crippen LogP contribution in [0.5, 0.6) is 0 Å². The van der Waals surface area contributed by atoms with Crippen LogP contribution in [0.1, 0.15) is 31.2 Å². The fraction of sp³-hybridized carbons (Fsp3) is 0.389. The third-order valence-corrected chi connectivity index (χ3v) is 4.11. The summed E-state index contributed by atoms with van der Waals surface area (Å²) in [5.41, 5.74) is 1.57. The van der Waals surface area contributed by atoms with Crippen LogP contribution in [0.15, 0.2) is 35.9 Å². The van der Waals surface area contributed by atoms with Crippen LogP contribution in [0, 0.1) is 11.3 Å². The van der Waals surface area contributed by atoms with E-state index in [-0.39, 0.29) is 18.4 Å². The Morgan fingerprint density at radius 3 is 2.83 bits per heavy atom. The van der Waals surface area contributed by atoms with Crippen LogP contribution < -0.4 is 10.6 Å². The second kappa shape index (κ2) is 9.09. The number of hydrogen-bond donors (Lipinski definition) is 2. The molecule has 2 amide bonds. The summed E-state index contributed by atoms with van der Waals surface area (Å²) >= 11 is 5.98. The smallest absolute Gasteiger partial charge is 0.247 e. The van der Waals surface area contributed by atoms with Gasteiger partial charge in [0.05, 0.1) is 6.07 Å². The highest BCUT2D eigenvalue weighted by Gasteiger charge is 2.23. The van der Waals surface area contributed by atoms with Gasteiger partial charge in [-0.05, 0) is 43.4 Å². The van der Waals surface area contributed by atoms with Gasteiger partial charge >= 0.3 is 0 Å². The molecule has 5 nitrogen and oxygen atoms in total. The van der Waals surface area contributed by atoms with Crippen molar-refractivity contribution in [2.75, 3.05) is 6.54 Å². The molecule has 1 aromatic rings. The molecule has 126 valence electrons. The van der Waals surface area contributed by atoms with Crippen LogP contribution in [0.2, 0.25) is 5.02 Å². The fourth-order valence-corrected chi connectivity index (χ4v) is 2.87. The maximum atomic E-state index is 12.4. The molecular formula is C18H20ClN3O2. The van der Waals surface area contributed by atoms with Gasteiger partial charge in [-0.15, -0.1) is 0 Å². The largest absolute Gasteiger partial charge is 0.341 e. The van der Waals surface area contributed by atoms with E-state index in [1.54, 1.807) is 18.2 Å². The second-order valence-corrected chi connectivity index (χ2v) is 6.15. The van der Waals surface area contributed by atoms with Crippen molar-refractivity contribution in [3.05, 3.63) is 46.5 Å².